The van der Waals surface area contributed by atoms with Gasteiger partial charge in [-0.05, 0) is 56.1 Å². The first-order valence-corrected chi connectivity index (χ1v) is 14.2. The molecule has 0 bridgehead atoms. The molecule has 1 aliphatic rings. The minimum Gasteiger partial charge on any atom is -0.490 e. The number of hydrogen-bond acceptors (Lipinski definition) is 7. The number of nitrogens with zero attached hydrogens (tertiary/aromatic N) is 1. The van der Waals surface area contributed by atoms with Crippen LogP contribution in [0, 0.1) is 6.92 Å². The van der Waals surface area contributed by atoms with Crippen LogP contribution in [0.5, 0.6) is 5.75 Å². The average Bonchev–Trinajstić information content (AvgIpc) is 2.71. The molecule has 0 saturated heterocycles. The van der Waals surface area contributed by atoms with Crippen molar-refractivity contribution in [1.82, 2.24) is 4.90 Å². The number of sulfonamides is 2. The predicted octanol–water partition coefficient (Wildman–Crippen LogP) is 1.58. The van der Waals surface area contributed by atoms with Crippen LogP contribution in [0.4, 0.5) is 11.4 Å². The second-order valence-corrected chi connectivity index (χ2v) is 12.0. The summed E-state index contributed by atoms with van der Waals surface area (Å²) in [5.74, 6) is 0.596. The summed E-state index contributed by atoms with van der Waals surface area (Å²) in [7, 11) is -4.70. The molecule has 2 aromatic carbocycles. The van der Waals surface area contributed by atoms with Gasteiger partial charge in [0.15, 0.2) is 0 Å². The second kappa shape index (κ2) is 10.3. The number of fused-ring (bicyclic) bond motifs is 1. The Balaban J connectivity index is 1.48. The highest BCUT2D eigenvalue weighted by molar-refractivity contribution is 7.92. The van der Waals surface area contributed by atoms with E-state index in [1.807, 2.05) is 37.1 Å². The summed E-state index contributed by atoms with van der Waals surface area (Å²) >= 11 is 0. The molecular weight excluding hydrogens is 466 g/mol. The molecule has 182 valence electrons. The monoisotopic (exact) mass is 497 g/mol. The number of aliphatic hydroxyl groups excluding tert-OH is 1. The van der Waals surface area contributed by atoms with Crippen molar-refractivity contribution in [3.63, 3.8) is 0 Å². The first-order chi connectivity index (χ1) is 15.4. The van der Waals surface area contributed by atoms with Crippen molar-refractivity contribution < 1.29 is 26.7 Å². The zero-order valence-electron chi connectivity index (χ0n) is 19.0. The van der Waals surface area contributed by atoms with E-state index in [1.165, 1.54) is 0 Å². The van der Waals surface area contributed by atoms with Crippen molar-refractivity contribution in [3.8, 4) is 5.75 Å². The van der Waals surface area contributed by atoms with Gasteiger partial charge < -0.3 is 14.7 Å². The highest BCUT2D eigenvalue weighted by Gasteiger charge is 2.25. The number of rotatable bonds is 10. The van der Waals surface area contributed by atoms with E-state index in [9.17, 15) is 21.9 Å². The molecule has 1 atom stereocenters. The summed E-state index contributed by atoms with van der Waals surface area (Å²) in [4.78, 5) is 2.00. The average molecular weight is 498 g/mol. The third-order valence-electron chi connectivity index (χ3n) is 5.35. The van der Waals surface area contributed by atoms with Crippen molar-refractivity contribution in [2.45, 2.75) is 25.9 Å². The summed E-state index contributed by atoms with van der Waals surface area (Å²) in [5, 5.41) is 10.4. The van der Waals surface area contributed by atoms with E-state index in [1.54, 1.807) is 18.2 Å². The largest absolute Gasteiger partial charge is 0.490 e. The Morgan fingerprint density at radius 1 is 1.21 bits per heavy atom. The lowest BCUT2D eigenvalue weighted by atomic mass is 10.0. The SMILES string of the molecule is Cc1ccc(OCC(O)CN(C)CCc2ccc(NS(C)(=O)=O)cc2)c2c1NS(=O)(=O)CC2. The molecule has 0 fully saturated rings. The van der Waals surface area contributed by atoms with E-state index in [0.29, 0.717) is 36.6 Å². The topological polar surface area (TPSA) is 125 Å². The summed E-state index contributed by atoms with van der Waals surface area (Å²) in [6.45, 7) is 3.06. The van der Waals surface area contributed by atoms with Crippen molar-refractivity contribution in [2.75, 3.05) is 48.2 Å². The van der Waals surface area contributed by atoms with Crippen LogP contribution in [-0.2, 0) is 32.9 Å². The Bertz CT molecular complexity index is 1180. The third kappa shape index (κ3) is 7.60. The molecule has 0 aliphatic carbocycles. The number of aryl methyl sites for hydroxylation is 1. The van der Waals surface area contributed by atoms with Gasteiger partial charge >= 0.3 is 0 Å². The highest BCUT2D eigenvalue weighted by Crippen LogP contribution is 2.34. The van der Waals surface area contributed by atoms with Crippen molar-refractivity contribution in [3.05, 3.63) is 53.1 Å². The third-order valence-corrected chi connectivity index (χ3v) is 7.21. The number of nitrogens with one attached hydrogen (secondary N) is 2. The Kier molecular flexibility index (Phi) is 7.88. The number of anilines is 2. The molecule has 9 nitrogen and oxygen atoms in total. The number of likely N-dealkylation sites (N-methyl/N-ethyl adjacent to an activating group) is 1. The molecular formula is C22H31N3O6S2. The number of hydrogen-bond donors (Lipinski definition) is 3. The van der Waals surface area contributed by atoms with Gasteiger partial charge in [-0.1, -0.05) is 18.2 Å². The van der Waals surface area contributed by atoms with Crippen LogP contribution in [0.1, 0.15) is 16.7 Å². The molecule has 1 heterocycles. The molecule has 0 amide bonds. The van der Waals surface area contributed by atoms with E-state index < -0.39 is 26.2 Å². The van der Waals surface area contributed by atoms with Gasteiger partial charge in [0.25, 0.3) is 0 Å². The molecule has 3 N–H and O–H groups in total. The zero-order chi connectivity index (χ0) is 24.2. The summed E-state index contributed by atoms with van der Waals surface area (Å²) in [6.07, 6.45) is 1.51. The normalized spacial score (nSPS) is 16.0. The summed E-state index contributed by atoms with van der Waals surface area (Å²) in [5.41, 5.74) is 3.80. The maximum Gasteiger partial charge on any atom is 0.233 e. The minimum absolute atomic E-state index is 0.0103. The molecule has 1 aliphatic heterocycles. The fraction of sp³-hybridized carbons (Fsp3) is 0.455. The Morgan fingerprint density at radius 3 is 2.58 bits per heavy atom. The molecule has 0 spiro atoms. The van der Waals surface area contributed by atoms with Gasteiger partial charge in [0.2, 0.25) is 20.0 Å². The smallest absolute Gasteiger partial charge is 0.233 e. The van der Waals surface area contributed by atoms with Gasteiger partial charge in [0, 0.05) is 24.3 Å². The quantitative estimate of drug-likeness (QED) is 0.455. The molecule has 0 radical (unpaired) electrons. The van der Waals surface area contributed by atoms with Gasteiger partial charge in [-0.25, -0.2) is 16.8 Å². The van der Waals surface area contributed by atoms with Crippen LogP contribution < -0.4 is 14.2 Å². The van der Waals surface area contributed by atoms with Gasteiger partial charge in [0.1, 0.15) is 18.5 Å². The van der Waals surface area contributed by atoms with Crippen LogP contribution in [0.15, 0.2) is 36.4 Å². The molecule has 33 heavy (non-hydrogen) atoms. The maximum atomic E-state index is 11.9. The van der Waals surface area contributed by atoms with E-state index >= 15 is 0 Å². The molecule has 2 aromatic rings. The van der Waals surface area contributed by atoms with E-state index in [2.05, 4.69) is 9.44 Å². The van der Waals surface area contributed by atoms with Crippen molar-refractivity contribution in [2.24, 2.45) is 0 Å². The maximum absolute atomic E-state index is 11.9. The van der Waals surface area contributed by atoms with E-state index in [-0.39, 0.29) is 12.4 Å². The Morgan fingerprint density at radius 2 is 1.91 bits per heavy atom. The van der Waals surface area contributed by atoms with Crippen LogP contribution in [0.3, 0.4) is 0 Å². The van der Waals surface area contributed by atoms with Crippen LogP contribution in [-0.4, -0.2) is 71.7 Å². The first-order valence-electron chi connectivity index (χ1n) is 10.6. The fourth-order valence-corrected chi connectivity index (χ4v) is 5.41. The van der Waals surface area contributed by atoms with Gasteiger partial charge in [-0.15, -0.1) is 0 Å². The molecule has 11 heteroatoms. The predicted molar refractivity (Wildman–Crippen MR) is 130 cm³/mol. The second-order valence-electron chi connectivity index (χ2n) is 8.45. The lowest BCUT2D eigenvalue weighted by molar-refractivity contribution is 0.0763. The van der Waals surface area contributed by atoms with Gasteiger partial charge in [-0.2, -0.15) is 0 Å². The van der Waals surface area contributed by atoms with Crippen LogP contribution in [0.25, 0.3) is 0 Å². The lowest BCUT2D eigenvalue weighted by Crippen LogP contribution is -2.34. The molecule has 0 saturated carbocycles. The van der Waals surface area contributed by atoms with E-state index in [4.69, 9.17) is 4.74 Å². The van der Waals surface area contributed by atoms with Crippen LogP contribution >= 0.6 is 0 Å². The molecule has 0 aromatic heterocycles. The number of benzene rings is 2. The molecule has 1 unspecified atom stereocenters. The molecule has 3 rings (SSSR count). The summed E-state index contributed by atoms with van der Waals surface area (Å²) in [6, 6.07) is 10.8. The van der Waals surface area contributed by atoms with Crippen LogP contribution in [0.2, 0.25) is 0 Å². The minimum atomic E-state index is -3.31. The van der Waals surface area contributed by atoms with Crippen molar-refractivity contribution in [1.29, 1.82) is 0 Å². The Hall–Kier alpha value is -2.34. The zero-order valence-corrected chi connectivity index (χ0v) is 20.7. The lowest BCUT2D eigenvalue weighted by Gasteiger charge is -2.24. The van der Waals surface area contributed by atoms with Gasteiger partial charge in [0.05, 0.1) is 17.7 Å². The van der Waals surface area contributed by atoms with Crippen molar-refractivity contribution >= 4 is 31.4 Å². The van der Waals surface area contributed by atoms with E-state index in [0.717, 1.165) is 29.4 Å². The number of aliphatic hydroxyl groups is 1. The highest BCUT2D eigenvalue weighted by atomic mass is 32.2. The standard InChI is InChI=1S/C22H31N3O6S2/c1-16-4-9-21(20-11-13-33(29,30)24-22(16)20)31-15-19(26)14-25(2)12-10-17-5-7-18(8-6-17)23-32(3,27)28/h4-9,19,23-24,26H,10-15H2,1-3H3. The Labute approximate surface area is 195 Å². The first kappa shape index (κ1) is 25.3. The van der Waals surface area contributed by atoms with Gasteiger partial charge in [-0.3, -0.25) is 9.44 Å². The number of ether oxygens (including phenoxy) is 1. The summed E-state index contributed by atoms with van der Waals surface area (Å²) < 4.78 is 57.2. The fourth-order valence-electron chi connectivity index (χ4n) is 3.68.